The molecule has 0 spiro atoms. The Balaban J connectivity index is 0.00000128. The average molecular weight is 260 g/mol. The van der Waals surface area contributed by atoms with Crippen molar-refractivity contribution in [2.75, 3.05) is 0 Å². The molecule has 0 aromatic carbocycles. The molecular weight excluding hydrogens is 234 g/mol. The summed E-state index contributed by atoms with van der Waals surface area (Å²) < 4.78 is 17.8. The van der Waals surface area contributed by atoms with Gasteiger partial charge in [0.15, 0.2) is 25.4 Å². The topological polar surface area (TPSA) is 26.3 Å². The number of hydrogen-bond donors (Lipinski definition) is 0. The van der Waals surface area contributed by atoms with E-state index in [1.165, 1.54) is 38.5 Å². The van der Waals surface area contributed by atoms with Crippen molar-refractivity contribution in [2.24, 2.45) is 0 Å². The smallest absolute Gasteiger partial charge is 0.194 e. The third-order valence-electron chi connectivity index (χ3n) is 3.77. The van der Waals surface area contributed by atoms with Crippen LogP contribution in [-0.2, 0) is 9.09 Å². The van der Waals surface area contributed by atoms with Gasteiger partial charge in [-0.1, -0.05) is 38.5 Å². The Bertz CT molecular complexity index is 211. The molecule has 4 heteroatoms. The first-order valence-electron chi connectivity index (χ1n) is 6.57. The molecule has 2 nitrogen and oxygen atoms in total. The molecule has 2 saturated carbocycles. The maximum absolute atomic E-state index is 12.0. The summed E-state index contributed by atoms with van der Waals surface area (Å²) in [5, 5.41) is 0. The van der Waals surface area contributed by atoms with Crippen LogP contribution in [0.25, 0.3) is 0 Å². The van der Waals surface area contributed by atoms with Gasteiger partial charge in [0, 0.05) is 5.66 Å². The van der Waals surface area contributed by atoms with Gasteiger partial charge in [-0.05, 0) is 25.7 Å². The van der Waals surface area contributed by atoms with E-state index in [1.807, 2.05) is 0 Å². The van der Waals surface area contributed by atoms with Crippen LogP contribution < -0.4 is 0 Å². The summed E-state index contributed by atoms with van der Waals surface area (Å²) in [6.45, 7) is 0. The highest BCUT2D eigenvalue weighted by atomic mass is 31.1. The van der Waals surface area contributed by atoms with E-state index < -0.39 is 8.03 Å². The van der Waals surface area contributed by atoms with Crippen LogP contribution in [0.4, 0.5) is 0 Å². The Hall–Kier alpha value is 0.722. The highest BCUT2D eigenvalue weighted by molar-refractivity contribution is 7.40. The molecule has 16 heavy (non-hydrogen) atoms. The van der Waals surface area contributed by atoms with Crippen LogP contribution in [0.3, 0.4) is 0 Å². The highest BCUT2D eigenvalue weighted by Crippen LogP contribution is 2.42. The zero-order valence-electron chi connectivity index (χ0n) is 9.54. The summed E-state index contributed by atoms with van der Waals surface area (Å²) >= 11 is 0. The Kier molecular flexibility index (Phi) is 7.33. The van der Waals surface area contributed by atoms with Crippen LogP contribution in [0, 0.1) is 0 Å². The van der Waals surface area contributed by atoms with Gasteiger partial charge in [0.25, 0.3) is 0 Å². The molecule has 1 atom stereocenters. The van der Waals surface area contributed by atoms with Crippen molar-refractivity contribution in [2.45, 2.75) is 76.0 Å². The van der Waals surface area contributed by atoms with Gasteiger partial charge in [0.1, 0.15) is 0 Å². The van der Waals surface area contributed by atoms with E-state index in [2.05, 4.69) is 0 Å². The standard InChI is InChI=1S/C12H23O2P.Al.3H/c13-15(12-9-5-2-6-10-12)14-11-7-3-1-4-8-11;;;;/h11-12,15H,1-10H2;;;;. The molecule has 0 bridgehead atoms. The predicted molar refractivity (Wildman–Crippen MR) is 73.8 cm³/mol. The first kappa shape index (κ1) is 14.8. The first-order chi connectivity index (χ1) is 7.36. The summed E-state index contributed by atoms with van der Waals surface area (Å²) in [5.74, 6) is 0. The summed E-state index contributed by atoms with van der Waals surface area (Å²) in [7, 11) is -1.74. The largest absolute Gasteiger partial charge is 0.327 e. The van der Waals surface area contributed by atoms with Crippen LogP contribution in [-0.4, -0.2) is 29.1 Å². The fourth-order valence-corrected chi connectivity index (χ4v) is 4.42. The third-order valence-corrected chi connectivity index (χ3v) is 5.58. The van der Waals surface area contributed by atoms with Crippen LogP contribution >= 0.6 is 8.03 Å². The van der Waals surface area contributed by atoms with Gasteiger partial charge in [0.2, 0.25) is 0 Å². The van der Waals surface area contributed by atoms with Crippen molar-refractivity contribution >= 4 is 25.4 Å². The zero-order chi connectivity index (χ0) is 10.5. The molecule has 0 N–H and O–H groups in total. The second-order valence-electron chi connectivity index (χ2n) is 5.03. The van der Waals surface area contributed by atoms with Gasteiger partial charge in [-0.15, -0.1) is 0 Å². The Morgan fingerprint density at radius 1 is 0.812 bits per heavy atom. The van der Waals surface area contributed by atoms with E-state index in [9.17, 15) is 4.57 Å². The van der Waals surface area contributed by atoms with Crippen molar-refractivity contribution in [3.05, 3.63) is 0 Å². The SMILES string of the molecule is O=[PH](OC1CCCCC1)C1CCCCC1.[AlH3]. The van der Waals surface area contributed by atoms with E-state index in [1.54, 1.807) is 0 Å². The molecule has 0 aromatic heterocycles. The molecule has 0 heterocycles. The number of hydrogen-bond acceptors (Lipinski definition) is 2. The summed E-state index contributed by atoms with van der Waals surface area (Å²) in [6.07, 6.45) is 12.6. The molecule has 94 valence electrons. The minimum absolute atomic E-state index is 0. The monoisotopic (exact) mass is 260 g/mol. The Morgan fingerprint density at radius 2 is 1.31 bits per heavy atom. The normalized spacial score (nSPS) is 26.0. The Labute approximate surface area is 111 Å². The van der Waals surface area contributed by atoms with Crippen LogP contribution in [0.5, 0.6) is 0 Å². The molecule has 0 aromatic rings. The maximum atomic E-state index is 12.0. The lowest BCUT2D eigenvalue weighted by Gasteiger charge is -2.26. The fourth-order valence-electron chi connectivity index (χ4n) is 2.78. The lowest BCUT2D eigenvalue weighted by molar-refractivity contribution is 0.161. The molecule has 0 saturated heterocycles. The highest BCUT2D eigenvalue weighted by Gasteiger charge is 2.23. The van der Waals surface area contributed by atoms with Crippen molar-refractivity contribution in [3.8, 4) is 0 Å². The summed E-state index contributed by atoms with van der Waals surface area (Å²) in [6, 6.07) is 0. The molecule has 2 fully saturated rings. The van der Waals surface area contributed by atoms with Crippen molar-refractivity contribution in [1.82, 2.24) is 0 Å². The van der Waals surface area contributed by atoms with Crippen molar-refractivity contribution < 1.29 is 9.09 Å². The summed E-state index contributed by atoms with van der Waals surface area (Å²) in [4.78, 5) is 0. The van der Waals surface area contributed by atoms with E-state index in [4.69, 9.17) is 4.52 Å². The van der Waals surface area contributed by atoms with Crippen LogP contribution in [0.1, 0.15) is 64.2 Å². The minimum atomic E-state index is -1.74. The quantitative estimate of drug-likeness (QED) is 0.576. The van der Waals surface area contributed by atoms with E-state index in [-0.39, 0.29) is 17.4 Å². The molecule has 2 aliphatic rings. The van der Waals surface area contributed by atoms with E-state index in [0.29, 0.717) is 11.8 Å². The predicted octanol–water partition coefficient (Wildman–Crippen LogP) is 2.96. The fraction of sp³-hybridized carbons (Fsp3) is 1.00. The van der Waals surface area contributed by atoms with Gasteiger partial charge in [0.05, 0.1) is 6.10 Å². The van der Waals surface area contributed by atoms with E-state index in [0.717, 1.165) is 25.7 Å². The van der Waals surface area contributed by atoms with Crippen LogP contribution in [0.2, 0.25) is 0 Å². The second-order valence-corrected chi connectivity index (χ2v) is 6.72. The lowest BCUT2D eigenvalue weighted by Crippen LogP contribution is -2.16. The molecule has 0 amide bonds. The van der Waals surface area contributed by atoms with Crippen molar-refractivity contribution in [3.63, 3.8) is 0 Å². The molecule has 2 aliphatic carbocycles. The van der Waals surface area contributed by atoms with Gasteiger partial charge >= 0.3 is 0 Å². The lowest BCUT2D eigenvalue weighted by atomic mass is 9.98. The van der Waals surface area contributed by atoms with Crippen LogP contribution in [0.15, 0.2) is 0 Å². The Morgan fingerprint density at radius 3 is 1.88 bits per heavy atom. The first-order valence-corrected chi connectivity index (χ1v) is 7.96. The van der Waals surface area contributed by atoms with Gasteiger partial charge in [-0.2, -0.15) is 0 Å². The van der Waals surface area contributed by atoms with Gasteiger partial charge in [-0.25, -0.2) is 0 Å². The molecule has 2 rings (SSSR count). The zero-order valence-corrected chi connectivity index (χ0v) is 10.5. The molecule has 0 radical (unpaired) electrons. The third kappa shape index (κ3) is 4.54. The molecule has 1 unspecified atom stereocenters. The van der Waals surface area contributed by atoms with Gasteiger partial charge < -0.3 is 4.52 Å². The van der Waals surface area contributed by atoms with Gasteiger partial charge in [-0.3, -0.25) is 4.57 Å². The molecule has 0 aliphatic heterocycles. The minimum Gasteiger partial charge on any atom is -0.327 e. The van der Waals surface area contributed by atoms with E-state index >= 15 is 0 Å². The molecular formula is C12H26AlO2P. The second kappa shape index (κ2) is 7.94. The summed E-state index contributed by atoms with van der Waals surface area (Å²) in [5.41, 5.74) is 0.408. The number of rotatable bonds is 3. The maximum Gasteiger partial charge on any atom is 0.194 e. The average Bonchev–Trinajstić information content (AvgIpc) is 2.31. The van der Waals surface area contributed by atoms with Crippen molar-refractivity contribution in [1.29, 1.82) is 0 Å².